The maximum atomic E-state index is 14.3. The lowest BCUT2D eigenvalue weighted by Gasteiger charge is -2.30. The smallest absolute Gasteiger partial charge is 0.294 e. The zero-order chi connectivity index (χ0) is 25.6. The number of nitrogens with zero attached hydrogens (tertiary/aromatic N) is 2. The Balaban J connectivity index is 1.27. The first-order valence-corrected chi connectivity index (χ1v) is 12.7. The molecular weight excluding hydrogens is 469 g/mol. The number of amides is 2. The SMILES string of the molecule is O=C(NCCCN1CCCC1)c1ccc(/C=C2\Oc3ccccc3N(Cc3ccccc3F)C2=O)cc1. The fraction of sp³-hybridized carbons (Fsp3) is 0.267. The molecule has 0 atom stereocenters. The molecule has 2 amide bonds. The number of hydrogen-bond acceptors (Lipinski definition) is 4. The highest BCUT2D eigenvalue weighted by molar-refractivity contribution is 6.09. The molecule has 1 N–H and O–H groups in total. The molecule has 2 aliphatic heterocycles. The molecule has 1 saturated heterocycles. The second-order valence-corrected chi connectivity index (χ2v) is 9.34. The minimum absolute atomic E-state index is 0.0834. The van der Waals surface area contributed by atoms with Gasteiger partial charge in [-0.05, 0) is 80.9 Å². The standard InChI is InChI=1S/C30H30FN3O3/c31-25-9-2-1-8-24(25)21-34-26-10-3-4-11-27(26)37-28(30(34)36)20-22-12-14-23(15-13-22)29(35)32-16-7-19-33-17-5-6-18-33/h1-4,8-15,20H,5-7,16-19,21H2,(H,32,35)/b28-20-. The average Bonchev–Trinajstić information content (AvgIpc) is 3.44. The monoisotopic (exact) mass is 499 g/mol. The van der Waals surface area contributed by atoms with E-state index >= 15 is 0 Å². The number of ether oxygens (including phenoxy) is 1. The number of carbonyl (C=O) groups is 2. The molecule has 3 aromatic rings. The summed E-state index contributed by atoms with van der Waals surface area (Å²) in [6.45, 7) is 4.05. The predicted octanol–water partition coefficient (Wildman–Crippen LogP) is 5.01. The molecule has 190 valence electrons. The highest BCUT2D eigenvalue weighted by atomic mass is 19.1. The number of anilines is 1. The van der Waals surface area contributed by atoms with E-state index in [1.165, 1.54) is 23.8 Å². The molecule has 1 fully saturated rings. The van der Waals surface area contributed by atoms with Gasteiger partial charge in [0.1, 0.15) is 5.82 Å². The maximum absolute atomic E-state index is 14.3. The Morgan fingerprint density at radius 1 is 0.973 bits per heavy atom. The van der Waals surface area contributed by atoms with Crippen molar-refractivity contribution in [3.63, 3.8) is 0 Å². The van der Waals surface area contributed by atoms with Gasteiger partial charge in [-0.1, -0.05) is 42.5 Å². The van der Waals surface area contributed by atoms with E-state index < -0.39 is 0 Å². The third-order valence-corrected chi connectivity index (χ3v) is 6.72. The quantitative estimate of drug-likeness (QED) is 0.350. The molecule has 3 aromatic carbocycles. The lowest BCUT2D eigenvalue weighted by atomic mass is 10.1. The number of carbonyl (C=O) groups excluding carboxylic acids is 2. The molecule has 0 spiro atoms. The third kappa shape index (κ3) is 5.89. The molecule has 37 heavy (non-hydrogen) atoms. The van der Waals surface area contributed by atoms with Crippen molar-refractivity contribution in [2.45, 2.75) is 25.8 Å². The minimum Gasteiger partial charge on any atom is -0.449 e. The van der Waals surface area contributed by atoms with Crippen molar-refractivity contribution in [3.05, 3.63) is 101 Å². The van der Waals surface area contributed by atoms with Crippen molar-refractivity contribution in [3.8, 4) is 5.75 Å². The van der Waals surface area contributed by atoms with E-state index in [0.717, 1.165) is 31.6 Å². The summed E-state index contributed by atoms with van der Waals surface area (Å²) in [5.41, 5.74) is 2.29. The fourth-order valence-corrected chi connectivity index (χ4v) is 4.71. The van der Waals surface area contributed by atoms with Gasteiger partial charge < -0.3 is 15.0 Å². The van der Waals surface area contributed by atoms with Crippen LogP contribution in [-0.2, 0) is 11.3 Å². The van der Waals surface area contributed by atoms with Crippen molar-refractivity contribution < 1.29 is 18.7 Å². The van der Waals surface area contributed by atoms with E-state index in [-0.39, 0.29) is 29.9 Å². The summed E-state index contributed by atoms with van der Waals surface area (Å²) in [6, 6.07) is 20.7. The predicted molar refractivity (Wildman–Crippen MR) is 142 cm³/mol. The average molecular weight is 500 g/mol. The van der Waals surface area contributed by atoms with Crippen LogP contribution in [0.4, 0.5) is 10.1 Å². The Morgan fingerprint density at radius 3 is 2.49 bits per heavy atom. The van der Waals surface area contributed by atoms with Crippen molar-refractivity contribution in [2.24, 2.45) is 0 Å². The number of likely N-dealkylation sites (tertiary alicyclic amines) is 1. The van der Waals surface area contributed by atoms with Crippen LogP contribution in [0.25, 0.3) is 6.08 Å². The Hall–Kier alpha value is -3.97. The molecular formula is C30H30FN3O3. The first kappa shape index (κ1) is 24.7. The van der Waals surface area contributed by atoms with Crippen LogP contribution in [0.3, 0.4) is 0 Å². The number of nitrogens with one attached hydrogen (secondary N) is 1. The summed E-state index contributed by atoms with van der Waals surface area (Å²) in [6.07, 6.45) is 5.10. The highest BCUT2D eigenvalue weighted by Crippen LogP contribution is 2.36. The second-order valence-electron chi connectivity index (χ2n) is 9.34. The van der Waals surface area contributed by atoms with Crippen molar-refractivity contribution in [1.29, 1.82) is 0 Å². The van der Waals surface area contributed by atoms with E-state index in [9.17, 15) is 14.0 Å². The normalized spacial score (nSPS) is 16.5. The van der Waals surface area contributed by atoms with Gasteiger partial charge in [-0.2, -0.15) is 0 Å². The lowest BCUT2D eigenvalue weighted by molar-refractivity contribution is -0.117. The van der Waals surface area contributed by atoms with E-state index in [2.05, 4.69) is 10.2 Å². The molecule has 0 aromatic heterocycles. The highest BCUT2D eigenvalue weighted by Gasteiger charge is 2.30. The number of halogens is 1. The number of rotatable bonds is 8. The first-order valence-electron chi connectivity index (χ1n) is 12.7. The van der Waals surface area contributed by atoms with E-state index in [4.69, 9.17) is 4.74 Å². The van der Waals surface area contributed by atoms with Crippen LogP contribution in [0.2, 0.25) is 0 Å². The van der Waals surface area contributed by atoms with Gasteiger partial charge in [-0.3, -0.25) is 14.5 Å². The fourth-order valence-electron chi connectivity index (χ4n) is 4.71. The van der Waals surface area contributed by atoms with Crippen LogP contribution in [0.5, 0.6) is 5.75 Å². The van der Waals surface area contributed by atoms with Gasteiger partial charge >= 0.3 is 0 Å². The lowest BCUT2D eigenvalue weighted by Crippen LogP contribution is -2.37. The summed E-state index contributed by atoms with van der Waals surface area (Å²) >= 11 is 0. The van der Waals surface area contributed by atoms with Gasteiger partial charge in [0.25, 0.3) is 11.8 Å². The zero-order valence-corrected chi connectivity index (χ0v) is 20.7. The van der Waals surface area contributed by atoms with Crippen LogP contribution in [0.15, 0.2) is 78.6 Å². The Morgan fingerprint density at radius 2 is 1.70 bits per heavy atom. The van der Waals surface area contributed by atoms with E-state index in [1.807, 2.05) is 12.1 Å². The second kappa shape index (κ2) is 11.4. The van der Waals surface area contributed by atoms with Crippen molar-refractivity contribution >= 4 is 23.6 Å². The van der Waals surface area contributed by atoms with Crippen LogP contribution >= 0.6 is 0 Å². The van der Waals surface area contributed by atoms with Gasteiger partial charge in [0.05, 0.1) is 12.2 Å². The molecule has 2 aliphatic rings. The molecule has 5 rings (SSSR count). The van der Waals surface area contributed by atoms with Gasteiger partial charge in [0.15, 0.2) is 11.5 Å². The Bertz CT molecular complexity index is 1300. The Kier molecular flexibility index (Phi) is 7.61. The molecule has 2 heterocycles. The van der Waals surface area contributed by atoms with Gasteiger partial charge in [-0.15, -0.1) is 0 Å². The summed E-state index contributed by atoms with van der Waals surface area (Å²) < 4.78 is 20.3. The minimum atomic E-state index is -0.366. The molecule has 6 nitrogen and oxygen atoms in total. The molecule has 0 bridgehead atoms. The zero-order valence-electron chi connectivity index (χ0n) is 20.7. The molecule has 7 heteroatoms. The van der Waals surface area contributed by atoms with E-state index in [0.29, 0.717) is 29.1 Å². The van der Waals surface area contributed by atoms with Crippen LogP contribution in [-0.4, -0.2) is 42.9 Å². The van der Waals surface area contributed by atoms with Crippen LogP contribution in [0, 0.1) is 5.82 Å². The summed E-state index contributed by atoms with van der Waals surface area (Å²) in [7, 11) is 0. The number of hydrogen-bond donors (Lipinski definition) is 1. The topological polar surface area (TPSA) is 61.9 Å². The third-order valence-electron chi connectivity index (χ3n) is 6.72. The summed E-state index contributed by atoms with van der Waals surface area (Å²) in [5, 5.41) is 2.98. The Labute approximate surface area is 216 Å². The van der Waals surface area contributed by atoms with Gasteiger partial charge in [0.2, 0.25) is 0 Å². The van der Waals surface area contributed by atoms with Crippen molar-refractivity contribution in [2.75, 3.05) is 31.1 Å². The van der Waals surface area contributed by atoms with Gasteiger partial charge in [0, 0.05) is 17.7 Å². The van der Waals surface area contributed by atoms with Crippen LogP contribution in [0.1, 0.15) is 40.7 Å². The summed E-state index contributed by atoms with van der Waals surface area (Å²) in [5.74, 6) is -0.184. The van der Waals surface area contributed by atoms with E-state index in [1.54, 1.807) is 60.7 Å². The van der Waals surface area contributed by atoms with Crippen molar-refractivity contribution in [1.82, 2.24) is 10.2 Å². The number of para-hydroxylation sites is 2. The molecule has 0 saturated carbocycles. The van der Waals surface area contributed by atoms with Gasteiger partial charge in [-0.25, -0.2) is 4.39 Å². The largest absolute Gasteiger partial charge is 0.449 e. The number of benzene rings is 3. The molecule has 0 unspecified atom stereocenters. The molecule has 0 radical (unpaired) electrons. The number of fused-ring (bicyclic) bond motifs is 1. The van der Waals surface area contributed by atoms with Crippen LogP contribution < -0.4 is 15.0 Å². The maximum Gasteiger partial charge on any atom is 0.294 e. The first-order chi connectivity index (χ1) is 18.1. The molecule has 0 aliphatic carbocycles. The summed E-state index contributed by atoms with van der Waals surface area (Å²) in [4.78, 5) is 29.8.